The van der Waals surface area contributed by atoms with Gasteiger partial charge in [0.1, 0.15) is 12.4 Å². The molecule has 0 N–H and O–H groups in total. The van der Waals surface area contributed by atoms with Crippen LogP contribution in [-0.4, -0.2) is 50.5 Å². The van der Waals surface area contributed by atoms with Crippen molar-refractivity contribution < 1.29 is 9.47 Å². The van der Waals surface area contributed by atoms with Gasteiger partial charge in [-0.1, -0.05) is 19.6 Å². The molecular formula is C17H26IN3O2Si. The van der Waals surface area contributed by atoms with Crippen LogP contribution in [0.2, 0.25) is 25.7 Å². The lowest BCUT2D eigenvalue weighted by molar-refractivity contribution is 0.0898. The molecule has 3 rings (SSSR count). The summed E-state index contributed by atoms with van der Waals surface area (Å²) in [5.74, 6) is 0. The number of pyridine rings is 1. The minimum atomic E-state index is -1.05. The molecule has 0 amide bonds. The maximum absolute atomic E-state index is 5.92. The van der Waals surface area contributed by atoms with Gasteiger partial charge in [-0.15, -0.1) is 0 Å². The number of morpholine rings is 1. The summed E-state index contributed by atoms with van der Waals surface area (Å²) in [7, 11) is -1.05. The Morgan fingerprint density at radius 3 is 2.75 bits per heavy atom. The van der Waals surface area contributed by atoms with Crippen molar-refractivity contribution >= 4 is 47.4 Å². The highest BCUT2D eigenvalue weighted by Crippen LogP contribution is 2.31. The van der Waals surface area contributed by atoms with Crippen LogP contribution in [0.3, 0.4) is 0 Å². The van der Waals surface area contributed by atoms with Gasteiger partial charge in [-0.2, -0.15) is 0 Å². The van der Waals surface area contributed by atoms with E-state index in [1.807, 2.05) is 6.20 Å². The van der Waals surface area contributed by atoms with Crippen LogP contribution in [0.5, 0.6) is 0 Å². The summed E-state index contributed by atoms with van der Waals surface area (Å²) in [5, 5.41) is 1.23. The Bertz CT molecular complexity index is 693. The Hall–Kier alpha value is -0.643. The predicted octanol–water partition coefficient (Wildman–Crippen LogP) is 3.79. The van der Waals surface area contributed by atoms with E-state index in [1.165, 1.54) is 20.7 Å². The minimum Gasteiger partial charge on any atom is -0.378 e. The van der Waals surface area contributed by atoms with Crippen LogP contribution in [0.15, 0.2) is 18.5 Å². The van der Waals surface area contributed by atoms with Crippen molar-refractivity contribution in [1.82, 2.24) is 9.55 Å². The third-order valence-corrected chi connectivity index (χ3v) is 6.79. The first-order valence-electron chi connectivity index (χ1n) is 8.49. The molecule has 0 unspecified atom stereocenters. The number of nitrogens with zero attached hydrogens (tertiary/aromatic N) is 3. The summed E-state index contributed by atoms with van der Waals surface area (Å²) in [5.41, 5.74) is 2.27. The first kappa shape index (κ1) is 18.2. The SMILES string of the molecule is C[Si](C)(C)CCOCn1cc(I)c2c(N3CCOCC3)ccnc21. The van der Waals surface area contributed by atoms with E-state index in [0.29, 0.717) is 6.73 Å². The Kier molecular flexibility index (Phi) is 5.84. The molecule has 2 aromatic heterocycles. The summed E-state index contributed by atoms with van der Waals surface area (Å²) in [6, 6.07) is 3.31. The standard InChI is InChI=1S/C17H26IN3O2Si/c1-24(2,3)11-10-23-13-21-12-14(18)16-15(4-5-19-17(16)21)20-6-8-22-9-7-20/h4-5,12H,6-11,13H2,1-3H3. The van der Waals surface area contributed by atoms with Gasteiger partial charge >= 0.3 is 0 Å². The molecule has 1 fully saturated rings. The molecule has 0 spiro atoms. The molecule has 5 nitrogen and oxygen atoms in total. The van der Waals surface area contributed by atoms with Crippen LogP contribution < -0.4 is 4.90 Å². The van der Waals surface area contributed by atoms with Gasteiger partial charge in [0.2, 0.25) is 0 Å². The number of ether oxygens (including phenoxy) is 2. The van der Waals surface area contributed by atoms with Crippen molar-refractivity contribution in [2.24, 2.45) is 0 Å². The van der Waals surface area contributed by atoms with Gasteiger partial charge in [0, 0.05) is 43.7 Å². The summed E-state index contributed by atoms with van der Waals surface area (Å²) in [6.45, 7) is 12.0. The smallest absolute Gasteiger partial charge is 0.144 e. The molecule has 1 aliphatic heterocycles. The quantitative estimate of drug-likeness (QED) is 0.375. The topological polar surface area (TPSA) is 39.5 Å². The van der Waals surface area contributed by atoms with Gasteiger partial charge in [0.15, 0.2) is 0 Å². The number of hydrogen-bond donors (Lipinski definition) is 0. The van der Waals surface area contributed by atoms with E-state index in [-0.39, 0.29) is 0 Å². The largest absolute Gasteiger partial charge is 0.378 e. The zero-order chi connectivity index (χ0) is 17.2. The van der Waals surface area contributed by atoms with Gasteiger partial charge in [-0.25, -0.2) is 4.98 Å². The Labute approximate surface area is 158 Å². The lowest BCUT2D eigenvalue weighted by atomic mass is 10.2. The number of halogens is 1. The molecule has 2 aromatic rings. The predicted molar refractivity (Wildman–Crippen MR) is 110 cm³/mol. The van der Waals surface area contributed by atoms with Crippen molar-refractivity contribution in [3.8, 4) is 0 Å². The fraction of sp³-hybridized carbons (Fsp3) is 0.588. The van der Waals surface area contributed by atoms with Crippen LogP contribution in [0.1, 0.15) is 0 Å². The molecule has 0 atom stereocenters. The fourth-order valence-electron chi connectivity index (χ4n) is 2.86. The zero-order valence-corrected chi connectivity index (χ0v) is 17.9. The van der Waals surface area contributed by atoms with Gasteiger partial charge in [-0.3, -0.25) is 0 Å². The third-order valence-electron chi connectivity index (χ3n) is 4.27. The average molecular weight is 459 g/mol. The van der Waals surface area contributed by atoms with Crippen molar-refractivity contribution in [2.45, 2.75) is 32.4 Å². The molecule has 0 radical (unpaired) electrons. The minimum absolute atomic E-state index is 0.573. The van der Waals surface area contributed by atoms with Crippen LogP contribution in [0.25, 0.3) is 11.0 Å². The number of fused-ring (bicyclic) bond motifs is 1. The van der Waals surface area contributed by atoms with E-state index in [0.717, 1.165) is 38.6 Å². The van der Waals surface area contributed by atoms with Gasteiger partial charge in [-0.05, 0) is 34.7 Å². The van der Waals surface area contributed by atoms with Crippen molar-refractivity contribution in [3.63, 3.8) is 0 Å². The molecule has 132 valence electrons. The molecule has 0 bridgehead atoms. The van der Waals surface area contributed by atoms with Crippen LogP contribution >= 0.6 is 22.6 Å². The normalized spacial score (nSPS) is 16.1. The van der Waals surface area contributed by atoms with Gasteiger partial charge in [0.05, 0.1) is 24.3 Å². The average Bonchev–Trinajstić information content (AvgIpc) is 2.88. The molecule has 0 aliphatic carbocycles. The second-order valence-electron chi connectivity index (χ2n) is 7.42. The van der Waals surface area contributed by atoms with E-state index in [2.05, 4.69) is 68.9 Å². The zero-order valence-electron chi connectivity index (χ0n) is 14.7. The number of rotatable bonds is 6. The molecule has 7 heteroatoms. The maximum atomic E-state index is 5.92. The number of hydrogen-bond acceptors (Lipinski definition) is 4. The summed E-state index contributed by atoms with van der Waals surface area (Å²) in [4.78, 5) is 7.01. The molecule has 0 aromatic carbocycles. The van der Waals surface area contributed by atoms with E-state index in [1.54, 1.807) is 0 Å². The first-order chi connectivity index (χ1) is 11.5. The highest BCUT2D eigenvalue weighted by Gasteiger charge is 2.19. The Morgan fingerprint density at radius 2 is 2.04 bits per heavy atom. The van der Waals surface area contributed by atoms with E-state index >= 15 is 0 Å². The van der Waals surface area contributed by atoms with Crippen LogP contribution in [0, 0.1) is 3.57 Å². The van der Waals surface area contributed by atoms with Gasteiger partial charge in [0.25, 0.3) is 0 Å². The summed E-state index contributed by atoms with van der Waals surface area (Å²) >= 11 is 2.41. The fourth-order valence-corrected chi connectivity index (χ4v) is 4.47. The Morgan fingerprint density at radius 1 is 1.29 bits per heavy atom. The number of anilines is 1. The first-order valence-corrected chi connectivity index (χ1v) is 13.3. The second-order valence-corrected chi connectivity index (χ2v) is 14.2. The van der Waals surface area contributed by atoms with E-state index in [4.69, 9.17) is 9.47 Å². The van der Waals surface area contributed by atoms with Crippen LogP contribution in [-0.2, 0) is 16.2 Å². The number of aromatic nitrogens is 2. The van der Waals surface area contributed by atoms with E-state index in [9.17, 15) is 0 Å². The summed E-state index contributed by atoms with van der Waals surface area (Å²) < 4.78 is 14.8. The van der Waals surface area contributed by atoms with Crippen LogP contribution in [0.4, 0.5) is 5.69 Å². The molecule has 1 aliphatic rings. The molecule has 3 heterocycles. The molecule has 24 heavy (non-hydrogen) atoms. The van der Waals surface area contributed by atoms with Crippen molar-refractivity contribution in [2.75, 3.05) is 37.8 Å². The third kappa shape index (κ3) is 4.30. The highest BCUT2D eigenvalue weighted by atomic mass is 127. The maximum Gasteiger partial charge on any atom is 0.144 e. The van der Waals surface area contributed by atoms with Crippen molar-refractivity contribution in [1.29, 1.82) is 0 Å². The molecule has 0 saturated carbocycles. The van der Waals surface area contributed by atoms with E-state index < -0.39 is 8.07 Å². The molecule has 1 saturated heterocycles. The summed E-state index contributed by atoms with van der Waals surface area (Å²) in [6.07, 6.45) is 4.05. The lowest BCUT2D eigenvalue weighted by Crippen LogP contribution is -2.36. The lowest BCUT2D eigenvalue weighted by Gasteiger charge is -2.29. The van der Waals surface area contributed by atoms with Crippen molar-refractivity contribution in [3.05, 3.63) is 22.0 Å². The monoisotopic (exact) mass is 459 g/mol. The second kappa shape index (κ2) is 7.71. The Balaban J connectivity index is 1.78. The van der Waals surface area contributed by atoms with Gasteiger partial charge < -0.3 is 18.9 Å². The molecular weight excluding hydrogens is 433 g/mol. The highest BCUT2D eigenvalue weighted by molar-refractivity contribution is 14.1.